The lowest BCUT2D eigenvalue weighted by Crippen LogP contribution is -2.19. The molecule has 6 nitrogen and oxygen atoms in total. The van der Waals surface area contributed by atoms with E-state index in [1.165, 1.54) is 11.8 Å². The number of ether oxygens (including phenoxy) is 1. The van der Waals surface area contributed by atoms with Crippen molar-refractivity contribution < 1.29 is 14.9 Å². The molecule has 1 aromatic carbocycles. The van der Waals surface area contributed by atoms with Crippen LogP contribution in [0.3, 0.4) is 0 Å². The molecule has 0 spiro atoms. The van der Waals surface area contributed by atoms with E-state index in [0.29, 0.717) is 10.9 Å². The highest BCUT2D eigenvalue weighted by Gasteiger charge is 2.09. The molecule has 1 atom stereocenters. The maximum absolute atomic E-state index is 9.81. The van der Waals surface area contributed by atoms with E-state index < -0.39 is 6.10 Å². The quantitative estimate of drug-likeness (QED) is 0.367. The largest absolute Gasteiger partial charge is 0.394 e. The van der Waals surface area contributed by atoms with Crippen LogP contribution in [0.4, 0.5) is 11.5 Å². The Kier molecular flexibility index (Phi) is 7.28. The fourth-order valence-corrected chi connectivity index (χ4v) is 2.65. The summed E-state index contributed by atoms with van der Waals surface area (Å²) in [5, 5.41) is 22.3. The van der Waals surface area contributed by atoms with Crippen molar-refractivity contribution in [3.8, 4) is 0 Å². The van der Waals surface area contributed by atoms with Crippen LogP contribution in [0.15, 0.2) is 41.6 Å². The summed E-state index contributed by atoms with van der Waals surface area (Å²) in [4.78, 5) is 8.81. The smallest absolute Gasteiger partial charge is 0.189 e. The van der Waals surface area contributed by atoms with Crippen molar-refractivity contribution in [1.29, 1.82) is 0 Å². The summed E-state index contributed by atoms with van der Waals surface area (Å²) in [5.74, 6) is 1.15. The normalized spacial score (nSPS) is 12.1. The van der Waals surface area contributed by atoms with E-state index in [1.807, 2.05) is 43.3 Å². The van der Waals surface area contributed by atoms with Crippen molar-refractivity contribution in [2.45, 2.75) is 18.2 Å². The van der Waals surface area contributed by atoms with E-state index in [2.05, 4.69) is 15.3 Å². The van der Waals surface area contributed by atoms with E-state index in [0.717, 1.165) is 17.2 Å². The van der Waals surface area contributed by atoms with Gasteiger partial charge in [-0.05, 0) is 19.1 Å². The number of thioether (sulfide) groups is 1. The minimum atomic E-state index is -0.624. The molecule has 0 fully saturated rings. The third kappa shape index (κ3) is 6.54. The first-order valence-corrected chi connectivity index (χ1v) is 8.33. The molecule has 1 unspecified atom stereocenters. The van der Waals surface area contributed by atoms with Crippen LogP contribution >= 0.6 is 11.8 Å². The van der Waals surface area contributed by atoms with Crippen LogP contribution in [-0.4, -0.2) is 51.9 Å². The molecule has 0 saturated heterocycles. The van der Waals surface area contributed by atoms with Gasteiger partial charge < -0.3 is 20.3 Å². The summed E-state index contributed by atoms with van der Waals surface area (Å²) < 4.78 is 5.09. The van der Waals surface area contributed by atoms with E-state index in [1.54, 1.807) is 0 Å². The van der Waals surface area contributed by atoms with Gasteiger partial charge >= 0.3 is 0 Å². The van der Waals surface area contributed by atoms with Gasteiger partial charge in [0.25, 0.3) is 0 Å². The van der Waals surface area contributed by atoms with Crippen LogP contribution < -0.4 is 5.32 Å². The molecule has 2 aromatic rings. The standard InChI is InChI=1S/C16H21N3O3S/c1-12-9-15(18-13-5-3-2-4-6-13)19-16(17-12)23-11-14(21)10-22-8-7-20/h2-6,9,14,20-21H,7-8,10-11H2,1H3,(H,17,18,19). The first-order valence-electron chi connectivity index (χ1n) is 7.34. The van der Waals surface area contributed by atoms with Crippen LogP contribution in [-0.2, 0) is 4.74 Å². The monoisotopic (exact) mass is 335 g/mol. The number of nitrogens with one attached hydrogen (secondary N) is 1. The van der Waals surface area contributed by atoms with Crippen molar-refractivity contribution >= 4 is 23.3 Å². The van der Waals surface area contributed by atoms with Gasteiger partial charge in [0.15, 0.2) is 5.16 Å². The van der Waals surface area contributed by atoms with Crippen molar-refractivity contribution in [3.05, 3.63) is 42.1 Å². The first kappa shape index (κ1) is 17.7. The number of hydrogen-bond acceptors (Lipinski definition) is 7. The number of anilines is 2. The minimum Gasteiger partial charge on any atom is -0.394 e. The molecule has 0 radical (unpaired) electrons. The van der Waals surface area contributed by atoms with Gasteiger partial charge in [0.1, 0.15) is 5.82 Å². The van der Waals surface area contributed by atoms with E-state index in [9.17, 15) is 5.11 Å². The Bertz CT molecular complexity index is 598. The highest BCUT2D eigenvalue weighted by molar-refractivity contribution is 7.99. The molecule has 7 heteroatoms. The molecule has 0 aliphatic rings. The zero-order valence-corrected chi connectivity index (χ0v) is 13.8. The van der Waals surface area contributed by atoms with E-state index >= 15 is 0 Å². The summed E-state index contributed by atoms with van der Waals surface area (Å²) in [6, 6.07) is 11.7. The number of benzene rings is 1. The SMILES string of the molecule is Cc1cc(Nc2ccccc2)nc(SCC(O)COCCO)n1. The molecule has 124 valence electrons. The topological polar surface area (TPSA) is 87.5 Å². The number of aryl methyl sites for hydroxylation is 1. The highest BCUT2D eigenvalue weighted by Crippen LogP contribution is 2.20. The Hall–Kier alpha value is -1.67. The van der Waals surface area contributed by atoms with E-state index in [4.69, 9.17) is 9.84 Å². The van der Waals surface area contributed by atoms with Crippen LogP contribution in [0.5, 0.6) is 0 Å². The van der Waals surface area contributed by atoms with Crippen LogP contribution in [0.25, 0.3) is 0 Å². The highest BCUT2D eigenvalue weighted by atomic mass is 32.2. The van der Waals surface area contributed by atoms with Crippen LogP contribution in [0.1, 0.15) is 5.69 Å². The molecule has 1 aromatic heterocycles. The first-order chi connectivity index (χ1) is 11.2. The Morgan fingerprint density at radius 3 is 2.78 bits per heavy atom. The summed E-state index contributed by atoms with van der Waals surface area (Å²) in [6.45, 7) is 2.28. The number of nitrogens with zero attached hydrogens (tertiary/aromatic N) is 2. The zero-order chi connectivity index (χ0) is 16.5. The van der Waals surface area contributed by atoms with Crippen molar-refractivity contribution in [3.63, 3.8) is 0 Å². The fraction of sp³-hybridized carbons (Fsp3) is 0.375. The molecule has 0 aliphatic carbocycles. The predicted octanol–water partition coefficient (Wildman–Crippen LogP) is 1.99. The Morgan fingerprint density at radius 2 is 2.04 bits per heavy atom. The summed E-state index contributed by atoms with van der Waals surface area (Å²) in [7, 11) is 0. The molecular formula is C16H21N3O3S. The van der Waals surface area contributed by atoms with Gasteiger partial charge in [-0.3, -0.25) is 0 Å². The molecule has 1 heterocycles. The van der Waals surface area contributed by atoms with Gasteiger partial charge in [0, 0.05) is 23.2 Å². The minimum absolute atomic E-state index is 0.0463. The Balaban J connectivity index is 1.92. The zero-order valence-electron chi connectivity index (χ0n) is 13.0. The third-order valence-electron chi connectivity index (χ3n) is 2.83. The van der Waals surface area contributed by atoms with Gasteiger partial charge in [0.05, 0.1) is 25.9 Å². The summed E-state index contributed by atoms with van der Waals surface area (Å²) >= 11 is 1.37. The second kappa shape index (κ2) is 9.46. The van der Waals surface area contributed by atoms with Crippen molar-refractivity contribution in [1.82, 2.24) is 9.97 Å². The number of aliphatic hydroxyl groups is 2. The lowest BCUT2D eigenvalue weighted by molar-refractivity contribution is 0.0311. The predicted molar refractivity (Wildman–Crippen MR) is 91.1 cm³/mol. The van der Waals surface area contributed by atoms with Gasteiger partial charge in [0.2, 0.25) is 0 Å². The van der Waals surface area contributed by atoms with Crippen molar-refractivity contribution in [2.24, 2.45) is 0 Å². The van der Waals surface area contributed by atoms with E-state index in [-0.39, 0.29) is 19.8 Å². The van der Waals surface area contributed by atoms with Crippen molar-refractivity contribution in [2.75, 3.05) is 30.9 Å². The summed E-state index contributed by atoms with van der Waals surface area (Å²) in [6.07, 6.45) is -0.624. The number of para-hydroxylation sites is 1. The molecule has 0 bridgehead atoms. The maximum Gasteiger partial charge on any atom is 0.189 e. The van der Waals surface area contributed by atoms with Gasteiger partial charge in [-0.2, -0.15) is 0 Å². The molecule has 2 rings (SSSR count). The fourth-order valence-electron chi connectivity index (χ4n) is 1.84. The van der Waals surface area contributed by atoms with Crippen LogP contribution in [0, 0.1) is 6.92 Å². The number of hydrogen-bond donors (Lipinski definition) is 3. The Labute approximate surface area is 139 Å². The van der Waals surface area contributed by atoms with Gasteiger partial charge in [-0.15, -0.1) is 0 Å². The molecule has 0 amide bonds. The Morgan fingerprint density at radius 1 is 1.26 bits per heavy atom. The lowest BCUT2D eigenvalue weighted by Gasteiger charge is -2.11. The molecular weight excluding hydrogens is 314 g/mol. The second-order valence-electron chi connectivity index (χ2n) is 4.93. The number of rotatable bonds is 9. The average molecular weight is 335 g/mol. The molecule has 23 heavy (non-hydrogen) atoms. The average Bonchev–Trinajstić information content (AvgIpc) is 2.54. The maximum atomic E-state index is 9.81. The van der Waals surface area contributed by atoms with Crippen LogP contribution in [0.2, 0.25) is 0 Å². The molecule has 0 aliphatic heterocycles. The number of aromatic nitrogens is 2. The summed E-state index contributed by atoms with van der Waals surface area (Å²) in [5.41, 5.74) is 1.81. The number of aliphatic hydroxyl groups excluding tert-OH is 2. The molecule has 0 saturated carbocycles. The lowest BCUT2D eigenvalue weighted by atomic mass is 10.3. The third-order valence-corrected chi connectivity index (χ3v) is 3.82. The molecule has 3 N–H and O–H groups in total. The second-order valence-corrected chi connectivity index (χ2v) is 5.92. The van der Waals surface area contributed by atoms with Gasteiger partial charge in [-0.25, -0.2) is 9.97 Å². The van der Waals surface area contributed by atoms with Gasteiger partial charge in [-0.1, -0.05) is 30.0 Å².